The third-order valence-electron chi connectivity index (χ3n) is 3.30. The fourth-order valence-electron chi connectivity index (χ4n) is 2.20. The van der Waals surface area contributed by atoms with Crippen LogP contribution in [0, 0.1) is 11.6 Å². The van der Waals surface area contributed by atoms with Gasteiger partial charge < -0.3 is 9.47 Å². The maximum absolute atomic E-state index is 13.1. The molecule has 0 fully saturated rings. The number of benzene rings is 2. The minimum absolute atomic E-state index is 0.0323. The van der Waals surface area contributed by atoms with Crippen LogP contribution in [0.25, 0.3) is 11.4 Å². The van der Waals surface area contributed by atoms with Gasteiger partial charge in [0, 0.05) is 18.2 Å². The Labute approximate surface area is 147 Å². The molecule has 3 aromatic rings. The normalized spacial score (nSPS) is 10.4. The molecule has 3 rings (SSSR count). The summed E-state index contributed by atoms with van der Waals surface area (Å²) >= 11 is 0. The zero-order chi connectivity index (χ0) is 18.5. The van der Waals surface area contributed by atoms with Crippen molar-refractivity contribution in [3.63, 3.8) is 0 Å². The molecule has 0 unspecified atom stereocenters. The first-order chi connectivity index (χ1) is 12.5. The molecule has 0 radical (unpaired) electrons. The average Bonchev–Trinajstić information content (AvgIpc) is 3.07. The van der Waals surface area contributed by atoms with Gasteiger partial charge in [0.2, 0.25) is 5.95 Å². The number of hydrogen-bond donors (Lipinski definition) is 2. The fourth-order valence-corrected chi connectivity index (χ4v) is 2.20. The summed E-state index contributed by atoms with van der Waals surface area (Å²) in [7, 11) is 1.53. The van der Waals surface area contributed by atoms with E-state index in [1.807, 2.05) is 12.1 Å². The quantitative estimate of drug-likeness (QED) is 0.706. The first-order valence-electron chi connectivity index (χ1n) is 7.49. The van der Waals surface area contributed by atoms with Crippen LogP contribution >= 0.6 is 0 Å². The molecule has 0 atom stereocenters. The number of halogens is 2. The second-order valence-electron chi connectivity index (χ2n) is 5.15. The molecule has 26 heavy (non-hydrogen) atoms. The lowest BCUT2D eigenvalue weighted by atomic mass is 10.2. The lowest BCUT2D eigenvalue weighted by molar-refractivity contribution is -0.118. The summed E-state index contributed by atoms with van der Waals surface area (Å²) in [6, 6.07) is 9.83. The number of ether oxygens (including phenoxy) is 2. The maximum atomic E-state index is 13.1. The zero-order valence-corrected chi connectivity index (χ0v) is 13.6. The number of hydrogen-bond acceptors (Lipinski definition) is 5. The summed E-state index contributed by atoms with van der Waals surface area (Å²) in [5.41, 5.74) is 0.675. The second kappa shape index (κ2) is 7.60. The standard InChI is InChI=1S/C17H14F2N4O3/c1-25-14-5-3-2-4-13(14)16-21-17(23-22-16)20-15(24)9-26-12-7-10(18)6-11(19)8-12/h2-8H,9H2,1H3,(H2,20,21,22,23,24). The SMILES string of the molecule is COc1ccccc1-c1nc(NC(=O)COc2cc(F)cc(F)c2)n[nH]1. The number of nitrogens with one attached hydrogen (secondary N) is 2. The number of methoxy groups -OCH3 is 1. The highest BCUT2D eigenvalue weighted by Crippen LogP contribution is 2.27. The van der Waals surface area contributed by atoms with Crippen molar-refractivity contribution in [2.24, 2.45) is 0 Å². The number of carbonyl (C=O) groups excluding carboxylic acids is 1. The molecule has 0 spiro atoms. The van der Waals surface area contributed by atoms with Gasteiger partial charge in [-0.25, -0.2) is 8.78 Å². The van der Waals surface area contributed by atoms with Crippen LogP contribution in [-0.2, 0) is 4.79 Å². The molecule has 0 saturated heterocycles. The Kier molecular flexibility index (Phi) is 5.07. The first-order valence-corrected chi connectivity index (χ1v) is 7.49. The number of amides is 1. The highest BCUT2D eigenvalue weighted by atomic mass is 19.1. The molecular formula is C17H14F2N4O3. The Morgan fingerprint density at radius 2 is 1.92 bits per heavy atom. The van der Waals surface area contributed by atoms with Crippen LogP contribution in [0.4, 0.5) is 14.7 Å². The number of carbonyl (C=O) groups is 1. The fraction of sp³-hybridized carbons (Fsp3) is 0.118. The van der Waals surface area contributed by atoms with Gasteiger partial charge in [-0.2, -0.15) is 4.98 Å². The number of aromatic nitrogens is 3. The zero-order valence-electron chi connectivity index (χ0n) is 13.6. The molecule has 2 aromatic carbocycles. The predicted molar refractivity (Wildman–Crippen MR) is 88.9 cm³/mol. The number of anilines is 1. The summed E-state index contributed by atoms with van der Waals surface area (Å²) in [6.07, 6.45) is 0. The predicted octanol–water partition coefficient (Wildman–Crippen LogP) is 2.78. The Balaban J connectivity index is 1.62. The summed E-state index contributed by atoms with van der Waals surface area (Å²) in [5, 5.41) is 9.01. The number of nitrogens with zero attached hydrogens (tertiary/aromatic N) is 2. The first kappa shape index (κ1) is 17.3. The maximum Gasteiger partial charge on any atom is 0.264 e. The van der Waals surface area contributed by atoms with E-state index >= 15 is 0 Å². The molecule has 2 N–H and O–H groups in total. The van der Waals surface area contributed by atoms with Gasteiger partial charge in [-0.05, 0) is 12.1 Å². The van der Waals surface area contributed by atoms with Gasteiger partial charge in [0.05, 0.1) is 12.7 Å². The van der Waals surface area contributed by atoms with Crippen molar-refractivity contribution in [1.82, 2.24) is 15.2 Å². The molecule has 0 aliphatic rings. The number of para-hydroxylation sites is 1. The highest BCUT2D eigenvalue weighted by Gasteiger charge is 2.13. The Hall–Kier alpha value is -3.49. The molecule has 1 heterocycles. The Bertz CT molecular complexity index is 910. The van der Waals surface area contributed by atoms with Gasteiger partial charge in [0.25, 0.3) is 5.91 Å². The Morgan fingerprint density at radius 1 is 1.19 bits per heavy atom. The van der Waals surface area contributed by atoms with E-state index in [4.69, 9.17) is 9.47 Å². The molecule has 0 aliphatic heterocycles. The van der Waals surface area contributed by atoms with Crippen LogP contribution in [0.1, 0.15) is 0 Å². The van der Waals surface area contributed by atoms with E-state index in [1.54, 1.807) is 12.1 Å². The van der Waals surface area contributed by atoms with Crippen LogP contribution in [0.15, 0.2) is 42.5 Å². The minimum Gasteiger partial charge on any atom is -0.496 e. The van der Waals surface area contributed by atoms with Crippen LogP contribution in [-0.4, -0.2) is 34.8 Å². The molecule has 1 amide bonds. The molecular weight excluding hydrogens is 346 g/mol. The minimum atomic E-state index is -0.796. The van der Waals surface area contributed by atoms with Gasteiger partial charge in [0.1, 0.15) is 23.1 Å². The van der Waals surface area contributed by atoms with Crippen LogP contribution < -0.4 is 14.8 Å². The largest absolute Gasteiger partial charge is 0.496 e. The third kappa shape index (κ3) is 4.12. The summed E-state index contributed by atoms with van der Waals surface area (Å²) in [5.74, 6) is -1.23. The molecule has 9 heteroatoms. The van der Waals surface area contributed by atoms with Crippen molar-refractivity contribution < 1.29 is 23.0 Å². The highest BCUT2D eigenvalue weighted by molar-refractivity contribution is 5.90. The second-order valence-corrected chi connectivity index (χ2v) is 5.15. The van der Waals surface area contributed by atoms with Crippen molar-refractivity contribution in [3.05, 3.63) is 54.1 Å². The summed E-state index contributed by atoms with van der Waals surface area (Å²) in [6.45, 7) is -0.457. The lowest BCUT2D eigenvalue weighted by Gasteiger charge is -2.06. The van der Waals surface area contributed by atoms with E-state index in [2.05, 4.69) is 20.5 Å². The third-order valence-corrected chi connectivity index (χ3v) is 3.30. The van der Waals surface area contributed by atoms with Crippen LogP contribution in [0.5, 0.6) is 11.5 Å². The molecule has 1 aromatic heterocycles. The number of H-pyrrole nitrogens is 1. The molecule has 7 nitrogen and oxygen atoms in total. The molecule has 0 aliphatic carbocycles. The Morgan fingerprint density at radius 3 is 2.65 bits per heavy atom. The topological polar surface area (TPSA) is 89.1 Å². The van der Waals surface area contributed by atoms with Crippen LogP contribution in [0.2, 0.25) is 0 Å². The van der Waals surface area contributed by atoms with Crippen molar-refractivity contribution in [2.45, 2.75) is 0 Å². The number of rotatable bonds is 6. The molecule has 0 saturated carbocycles. The summed E-state index contributed by atoms with van der Waals surface area (Å²) < 4.78 is 36.4. The lowest BCUT2D eigenvalue weighted by Crippen LogP contribution is -2.21. The monoisotopic (exact) mass is 360 g/mol. The van der Waals surface area contributed by atoms with Crippen LogP contribution in [0.3, 0.4) is 0 Å². The van der Waals surface area contributed by atoms with Crippen molar-refractivity contribution in [2.75, 3.05) is 19.0 Å². The van der Waals surface area contributed by atoms with E-state index in [-0.39, 0.29) is 11.7 Å². The van der Waals surface area contributed by atoms with E-state index in [1.165, 1.54) is 7.11 Å². The van der Waals surface area contributed by atoms with Crippen molar-refractivity contribution in [1.29, 1.82) is 0 Å². The van der Waals surface area contributed by atoms with Gasteiger partial charge in [0.15, 0.2) is 12.4 Å². The van der Waals surface area contributed by atoms with E-state index < -0.39 is 24.1 Å². The van der Waals surface area contributed by atoms with Crippen molar-refractivity contribution in [3.8, 4) is 22.9 Å². The van der Waals surface area contributed by atoms with Gasteiger partial charge in [-0.1, -0.05) is 12.1 Å². The average molecular weight is 360 g/mol. The van der Waals surface area contributed by atoms with Crippen molar-refractivity contribution >= 4 is 11.9 Å². The van der Waals surface area contributed by atoms with Gasteiger partial charge in [-0.3, -0.25) is 15.2 Å². The van der Waals surface area contributed by atoms with E-state index in [0.717, 1.165) is 12.1 Å². The number of aromatic amines is 1. The molecule has 0 bridgehead atoms. The summed E-state index contributed by atoms with van der Waals surface area (Å²) in [4.78, 5) is 16.0. The molecule has 134 valence electrons. The van der Waals surface area contributed by atoms with Gasteiger partial charge >= 0.3 is 0 Å². The van der Waals surface area contributed by atoms with Gasteiger partial charge in [-0.15, -0.1) is 5.10 Å². The van der Waals surface area contributed by atoms with E-state index in [0.29, 0.717) is 23.2 Å². The van der Waals surface area contributed by atoms with E-state index in [9.17, 15) is 13.6 Å². The smallest absolute Gasteiger partial charge is 0.264 e.